The predicted molar refractivity (Wildman–Crippen MR) is 103 cm³/mol. The van der Waals surface area contributed by atoms with Crippen molar-refractivity contribution in [3.63, 3.8) is 0 Å². The highest BCUT2D eigenvalue weighted by Crippen LogP contribution is 2.35. The zero-order valence-corrected chi connectivity index (χ0v) is 17.6. The molecule has 0 aliphatic rings. The summed E-state index contributed by atoms with van der Waals surface area (Å²) in [6, 6.07) is 3.38. The molecule has 9 nitrogen and oxygen atoms in total. The maximum absolute atomic E-state index is 13.1. The Morgan fingerprint density at radius 3 is 2.57 bits per heavy atom. The summed E-state index contributed by atoms with van der Waals surface area (Å²) < 4.78 is 54.8. The number of rotatable bonds is 8. The Hall–Kier alpha value is -2.00. The van der Waals surface area contributed by atoms with E-state index in [2.05, 4.69) is 15.0 Å². The lowest BCUT2D eigenvalue weighted by Gasteiger charge is -2.24. The van der Waals surface area contributed by atoms with Crippen LogP contribution >= 0.6 is 34.2 Å². The summed E-state index contributed by atoms with van der Waals surface area (Å²) >= 11 is 7.56. The molecule has 0 spiro atoms. The highest BCUT2D eigenvalue weighted by Gasteiger charge is 2.35. The van der Waals surface area contributed by atoms with Gasteiger partial charge in [-0.15, -0.1) is 0 Å². The highest BCUT2D eigenvalue weighted by atomic mass is 127. The first kappa shape index (κ1) is 22.3. The number of aldehydes is 1. The molecule has 0 bridgehead atoms. The lowest BCUT2D eigenvalue weighted by atomic mass is 10.1. The topological polar surface area (TPSA) is 119 Å². The van der Waals surface area contributed by atoms with Crippen molar-refractivity contribution in [2.24, 2.45) is 0 Å². The molecule has 2 rings (SSSR count). The number of anilines is 1. The molecule has 150 valence electrons. The van der Waals surface area contributed by atoms with E-state index in [9.17, 15) is 26.8 Å². The number of ketones is 1. The van der Waals surface area contributed by atoms with Crippen molar-refractivity contribution >= 4 is 62.0 Å². The van der Waals surface area contributed by atoms with Crippen molar-refractivity contribution in [3.05, 3.63) is 40.4 Å². The van der Waals surface area contributed by atoms with Crippen molar-refractivity contribution in [3.8, 4) is 6.01 Å². The number of ether oxygens (including phenoxy) is 1. The molecule has 0 amide bonds. The predicted octanol–water partition coefficient (Wildman–Crippen LogP) is 2.33. The van der Waals surface area contributed by atoms with Gasteiger partial charge in [-0.1, -0.05) is 40.3 Å². The minimum Gasteiger partial charge on any atom is -0.467 e. The van der Waals surface area contributed by atoms with Gasteiger partial charge in [0.1, 0.15) is 0 Å². The number of hydrogen-bond acceptors (Lipinski definition) is 8. The summed E-state index contributed by atoms with van der Waals surface area (Å²) in [5, 5.41) is -0.261. The lowest BCUT2D eigenvalue weighted by Crippen LogP contribution is -2.35. The van der Waals surface area contributed by atoms with Crippen LogP contribution in [-0.4, -0.2) is 52.9 Å². The average molecular weight is 547 g/mol. The number of carbonyl (C=O) groups is 2. The van der Waals surface area contributed by atoms with Gasteiger partial charge in [-0.05, 0) is 12.1 Å². The molecule has 0 atom stereocenters. The van der Waals surface area contributed by atoms with E-state index < -0.39 is 43.5 Å². The molecule has 2 aromatic rings. The average Bonchev–Trinajstić information content (AvgIpc) is 2.68. The van der Waals surface area contributed by atoms with Gasteiger partial charge < -0.3 is 4.74 Å². The van der Waals surface area contributed by atoms with Crippen LogP contribution in [0.4, 0.5) is 14.5 Å². The van der Waals surface area contributed by atoms with Gasteiger partial charge >= 0.3 is 11.8 Å². The van der Waals surface area contributed by atoms with Gasteiger partial charge in [0.05, 0.1) is 27.9 Å². The van der Waals surface area contributed by atoms with Gasteiger partial charge in [0, 0.05) is 0 Å². The quantitative estimate of drug-likeness (QED) is 0.163. The van der Waals surface area contributed by atoms with Crippen molar-refractivity contribution in [2.75, 3.05) is 16.0 Å². The summed E-state index contributed by atoms with van der Waals surface area (Å²) in [6.45, 7) is 0. The third-order valence-electron chi connectivity index (χ3n) is 3.24. The maximum Gasteiger partial charge on any atom is 0.355 e. The monoisotopic (exact) mass is 546 g/mol. The number of alkyl halides is 3. The maximum atomic E-state index is 13.1. The molecule has 0 saturated carbocycles. The van der Waals surface area contributed by atoms with Gasteiger partial charge in [-0.3, -0.25) is 13.9 Å². The Morgan fingerprint density at radius 1 is 1.36 bits per heavy atom. The van der Waals surface area contributed by atoms with Crippen LogP contribution in [0.1, 0.15) is 26.8 Å². The van der Waals surface area contributed by atoms with E-state index in [4.69, 9.17) is 16.3 Å². The summed E-state index contributed by atoms with van der Waals surface area (Å²) in [7, 11) is -3.92. The van der Waals surface area contributed by atoms with Gasteiger partial charge in [-0.25, -0.2) is 13.4 Å². The Kier molecular flexibility index (Phi) is 7.16. The molecule has 0 radical (unpaired) electrons. The zero-order valence-electron chi connectivity index (χ0n) is 13.8. The first-order valence-electron chi connectivity index (χ1n) is 7.11. The van der Waals surface area contributed by atoms with Gasteiger partial charge in [0.2, 0.25) is 11.6 Å². The zero-order chi connectivity index (χ0) is 21.1. The van der Waals surface area contributed by atoms with E-state index >= 15 is 0 Å². The molecule has 14 heteroatoms. The molecule has 0 saturated heterocycles. The van der Waals surface area contributed by atoms with Crippen LogP contribution in [0.25, 0.3) is 0 Å². The number of aromatic nitrogens is 3. The largest absolute Gasteiger partial charge is 0.467 e. The second-order valence-corrected chi connectivity index (χ2v) is 7.78. The molecule has 0 N–H and O–H groups in total. The summed E-state index contributed by atoms with van der Waals surface area (Å²) in [4.78, 5) is 34.8. The van der Waals surface area contributed by atoms with Crippen LogP contribution in [0.3, 0.4) is 0 Å². The lowest BCUT2D eigenvalue weighted by molar-refractivity contribution is 0.102. The van der Waals surface area contributed by atoms with Crippen LogP contribution in [0.5, 0.6) is 6.01 Å². The fourth-order valence-corrected chi connectivity index (χ4v) is 4.65. The Balaban J connectivity index is 2.70. The van der Waals surface area contributed by atoms with Crippen LogP contribution in [0.15, 0.2) is 18.2 Å². The van der Waals surface area contributed by atoms with Crippen molar-refractivity contribution in [2.45, 2.75) is 5.76 Å². The number of para-hydroxylation sites is 1. The standard InChI is InChI=1S/C14H10ClF2IN4O5S/c1-27-14-20-9(5-23)19-12(21-14)11(24)7-3-2-4-8(15)10(7)22(6-18)28(25,26)13(16)17/h2-5,13H,6H2,1H3. The molecule has 1 aromatic heterocycles. The number of hydrogen-bond donors (Lipinski definition) is 0. The van der Waals surface area contributed by atoms with Gasteiger partial charge in [-0.2, -0.15) is 18.7 Å². The number of halogens is 4. The van der Waals surface area contributed by atoms with E-state index in [1.54, 1.807) is 22.6 Å². The number of nitrogens with zero attached hydrogens (tertiary/aromatic N) is 4. The van der Waals surface area contributed by atoms with Crippen LogP contribution in [0.2, 0.25) is 5.02 Å². The van der Waals surface area contributed by atoms with Crippen molar-refractivity contribution in [1.82, 2.24) is 15.0 Å². The van der Waals surface area contributed by atoms with E-state index in [1.807, 2.05) is 0 Å². The smallest absolute Gasteiger partial charge is 0.355 e. The molecule has 1 heterocycles. The van der Waals surface area contributed by atoms with Crippen molar-refractivity contribution < 1.29 is 31.5 Å². The fourth-order valence-electron chi connectivity index (χ4n) is 2.04. The van der Waals surface area contributed by atoms with Gasteiger partial charge in [0.15, 0.2) is 12.1 Å². The third-order valence-corrected chi connectivity index (χ3v) is 6.07. The highest BCUT2D eigenvalue weighted by molar-refractivity contribution is 14.1. The first-order chi connectivity index (χ1) is 13.2. The molecule has 0 aliphatic heterocycles. The number of carbonyl (C=O) groups excluding carboxylic acids is 2. The molecule has 0 aliphatic carbocycles. The molecule has 28 heavy (non-hydrogen) atoms. The SMILES string of the molecule is COc1nc(C=O)nc(C(=O)c2cccc(Cl)c2N(CI)S(=O)(=O)C(F)F)n1. The van der Waals surface area contributed by atoms with E-state index in [-0.39, 0.29) is 22.9 Å². The molecule has 0 fully saturated rings. The minimum absolute atomic E-state index is 0.248. The van der Waals surface area contributed by atoms with Crippen molar-refractivity contribution in [1.29, 1.82) is 0 Å². The van der Waals surface area contributed by atoms with Gasteiger partial charge in [0.25, 0.3) is 10.0 Å². The van der Waals surface area contributed by atoms with Crippen LogP contribution in [-0.2, 0) is 10.0 Å². The van der Waals surface area contributed by atoms with Crippen LogP contribution < -0.4 is 9.04 Å². The summed E-state index contributed by atoms with van der Waals surface area (Å²) in [5.41, 5.74) is -0.825. The first-order valence-corrected chi connectivity index (χ1v) is 10.5. The van der Waals surface area contributed by atoms with E-state index in [0.29, 0.717) is 4.31 Å². The Morgan fingerprint density at radius 2 is 2.04 bits per heavy atom. The summed E-state index contributed by atoms with van der Waals surface area (Å²) in [5.74, 6) is -5.67. The summed E-state index contributed by atoms with van der Waals surface area (Å²) in [6.07, 6.45) is 0.248. The fraction of sp³-hybridized carbons (Fsp3) is 0.214. The normalized spacial score (nSPS) is 11.4. The molecular weight excluding hydrogens is 537 g/mol. The van der Waals surface area contributed by atoms with E-state index in [0.717, 1.165) is 0 Å². The van der Waals surface area contributed by atoms with Crippen LogP contribution in [0, 0.1) is 0 Å². The third kappa shape index (κ3) is 4.35. The number of methoxy groups -OCH3 is 1. The Bertz CT molecular complexity index is 1020. The second-order valence-electron chi connectivity index (χ2n) is 4.86. The minimum atomic E-state index is -5.11. The second kappa shape index (κ2) is 9.00. The number of benzene rings is 1. The molecule has 1 aromatic carbocycles. The van der Waals surface area contributed by atoms with E-state index in [1.165, 1.54) is 25.3 Å². The molecule has 0 unspecified atom stereocenters. The molecular formula is C14H10ClF2IN4O5S. The Labute approximate surface area is 176 Å². The number of sulfonamides is 1.